The van der Waals surface area contributed by atoms with Gasteiger partial charge in [0, 0.05) is 36.5 Å². The van der Waals surface area contributed by atoms with Crippen LogP contribution in [-0.2, 0) is 35.1 Å². The second-order valence-corrected chi connectivity index (χ2v) is 13.1. The Morgan fingerprint density at radius 2 is 1.73 bits per heavy atom. The smallest absolute Gasteiger partial charge is 0.461 e. The number of nitrogens with zero attached hydrogens (tertiary/aromatic N) is 1. The van der Waals surface area contributed by atoms with Crippen LogP contribution >= 0.6 is 21.6 Å². The van der Waals surface area contributed by atoms with Gasteiger partial charge in [0.15, 0.2) is 0 Å². The summed E-state index contributed by atoms with van der Waals surface area (Å²) in [6, 6.07) is 11.7. The fourth-order valence-corrected chi connectivity index (χ4v) is 7.12. The SMILES string of the molecule is C=CCOC(=O)CCOCCNC(=O)CCSS[C@H]1CCCC[C@@H]1OC(=O)Nc1ccc(COC(=O)Oc2ccc([N+](=O)[O-])cc2)cc1. The fourth-order valence-electron chi connectivity index (χ4n) is 4.28. The van der Waals surface area contributed by atoms with Gasteiger partial charge in [0.2, 0.25) is 5.91 Å². The third kappa shape index (κ3) is 15.1. The van der Waals surface area contributed by atoms with Crippen molar-refractivity contribution in [2.75, 3.05) is 37.4 Å². The molecule has 1 aliphatic rings. The maximum Gasteiger partial charge on any atom is 0.514 e. The molecule has 0 bridgehead atoms. The lowest BCUT2D eigenvalue weighted by atomic mass is 9.97. The molecule has 0 heterocycles. The van der Waals surface area contributed by atoms with E-state index in [1.54, 1.807) is 45.9 Å². The molecule has 0 unspecified atom stereocenters. The fraction of sp³-hybridized carbons (Fsp3) is 0.438. The van der Waals surface area contributed by atoms with E-state index >= 15 is 0 Å². The van der Waals surface area contributed by atoms with Crippen LogP contribution in [0.15, 0.2) is 61.2 Å². The van der Waals surface area contributed by atoms with Crippen molar-refractivity contribution in [3.63, 3.8) is 0 Å². The number of ether oxygens (including phenoxy) is 5. The predicted molar refractivity (Wildman–Crippen MR) is 181 cm³/mol. The second-order valence-electron chi connectivity index (χ2n) is 10.3. The van der Waals surface area contributed by atoms with E-state index in [0.717, 1.165) is 25.7 Å². The van der Waals surface area contributed by atoms with Crippen LogP contribution in [-0.4, -0.2) is 72.5 Å². The van der Waals surface area contributed by atoms with Crippen molar-refractivity contribution in [1.82, 2.24) is 5.32 Å². The predicted octanol–water partition coefficient (Wildman–Crippen LogP) is 6.19. The number of hydrogen-bond acceptors (Lipinski definition) is 13. The van der Waals surface area contributed by atoms with Crippen LogP contribution in [0.5, 0.6) is 5.75 Å². The van der Waals surface area contributed by atoms with E-state index < -0.39 is 17.2 Å². The third-order valence-electron chi connectivity index (χ3n) is 6.69. The number of carbonyl (C=O) groups is 4. The largest absolute Gasteiger partial charge is 0.514 e. The quantitative estimate of drug-likeness (QED) is 0.0247. The molecular formula is C32H39N3O11S2. The number of carbonyl (C=O) groups excluding carboxylic acids is 4. The standard InChI is InChI=1S/C32H39N3O11S2/c1-2-18-43-30(37)15-19-42-20-17-33-29(36)16-21-47-48-28-6-4-3-5-27(28)46-31(38)34-24-9-7-23(8-10-24)22-44-32(39)45-26-13-11-25(12-14-26)35(40)41/h2,7-14,27-28H,1,3-6,15-22H2,(H,33,36)(H,34,38)/t27-,28-/m0/s1. The zero-order chi connectivity index (χ0) is 34.6. The zero-order valence-corrected chi connectivity index (χ0v) is 27.9. The minimum Gasteiger partial charge on any atom is -0.461 e. The molecular weight excluding hydrogens is 666 g/mol. The van der Waals surface area contributed by atoms with Gasteiger partial charge in [-0.25, -0.2) is 9.59 Å². The number of amides is 2. The molecule has 0 saturated heterocycles. The van der Waals surface area contributed by atoms with E-state index in [2.05, 4.69) is 17.2 Å². The molecule has 3 rings (SSSR count). The van der Waals surface area contributed by atoms with E-state index in [4.69, 9.17) is 23.7 Å². The van der Waals surface area contributed by atoms with Gasteiger partial charge in [-0.2, -0.15) is 0 Å². The lowest BCUT2D eigenvalue weighted by molar-refractivity contribution is -0.384. The number of esters is 1. The number of nitro groups is 1. The van der Waals surface area contributed by atoms with Gasteiger partial charge < -0.3 is 29.0 Å². The molecule has 0 radical (unpaired) electrons. The van der Waals surface area contributed by atoms with Gasteiger partial charge >= 0.3 is 18.2 Å². The van der Waals surface area contributed by atoms with Crippen LogP contribution in [0.4, 0.5) is 21.0 Å². The highest BCUT2D eigenvalue weighted by atomic mass is 33.1. The Balaban J connectivity index is 1.28. The van der Waals surface area contributed by atoms with Gasteiger partial charge in [0.25, 0.3) is 5.69 Å². The van der Waals surface area contributed by atoms with E-state index in [1.807, 2.05) is 0 Å². The number of hydrogen-bond donors (Lipinski definition) is 2. The first-order chi connectivity index (χ1) is 23.2. The number of non-ortho nitro benzene ring substituents is 1. The molecule has 14 nitrogen and oxygen atoms in total. The summed E-state index contributed by atoms with van der Waals surface area (Å²) < 4.78 is 26.0. The zero-order valence-electron chi connectivity index (χ0n) is 26.3. The van der Waals surface area contributed by atoms with Crippen LogP contribution in [0.3, 0.4) is 0 Å². The molecule has 0 spiro atoms. The monoisotopic (exact) mass is 705 g/mol. The van der Waals surface area contributed by atoms with Crippen LogP contribution in [0.1, 0.15) is 44.1 Å². The highest BCUT2D eigenvalue weighted by molar-refractivity contribution is 8.77. The van der Waals surface area contributed by atoms with E-state index in [1.165, 1.54) is 30.3 Å². The van der Waals surface area contributed by atoms with Crippen LogP contribution in [0, 0.1) is 10.1 Å². The van der Waals surface area contributed by atoms with Crippen molar-refractivity contribution < 1.29 is 47.8 Å². The second kappa shape index (κ2) is 21.6. The minimum atomic E-state index is -0.963. The maximum atomic E-state index is 12.7. The first-order valence-electron chi connectivity index (χ1n) is 15.3. The summed E-state index contributed by atoms with van der Waals surface area (Å²) in [5.41, 5.74) is 1.03. The molecule has 2 N–H and O–H groups in total. The Morgan fingerprint density at radius 1 is 0.979 bits per heavy atom. The molecule has 2 atom stereocenters. The molecule has 1 fully saturated rings. The lowest BCUT2D eigenvalue weighted by Crippen LogP contribution is -2.33. The van der Waals surface area contributed by atoms with Crippen molar-refractivity contribution in [3.8, 4) is 5.75 Å². The summed E-state index contributed by atoms with van der Waals surface area (Å²) in [5, 5.41) is 16.4. The summed E-state index contributed by atoms with van der Waals surface area (Å²) in [6.45, 7) is 4.44. The van der Waals surface area contributed by atoms with Gasteiger partial charge in [-0.1, -0.05) is 52.8 Å². The summed E-state index contributed by atoms with van der Waals surface area (Å²) in [6.07, 6.45) is 3.85. The van der Waals surface area contributed by atoms with Crippen molar-refractivity contribution in [2.24, 2.45) is 0 Å². The van der Waals surface area contributed by atoms with Crippen molar-refractivity contribution in [2.45, 2.75) is 56.5 Å². The van der Waals surface area contributed by atoms with Gasteiger partial charge in [0.1, 0.15) is 25.1 Å². The Labute approximate surface area is 286 Å². The molecule has 260 valence electrons. The highest BCUT2D eigenvalue weighted by Gasteiger charge is 2.29. The van der Waals surface area contributed by atoms with E-state index in [0.29, 0.717) is 36.6 Å². The summed E-state index contributed by atoms with van der Waals surface area (Å²) in [5.74, 6) is 0.266. The Kier molecular flexibility index (Phi) is 17.1. The first kappa shape index (κ1) is 38.2. The van der Waals surface area contributed by atoms with Crippen LogP contribution in [0.2, 0.25) is 0 Å². The summed E-state index contributed by atoms with van der Waals surface area (Å²) in [4.78, 5) is 58.3. The molecule has 1 saturated carbocycles. The van der Waals surface area contributed by atoms with E-state index in [9.17, 15) is 29.3 Å². The van der Waals surface area contributed by atoms with Crippen LogP contribution < -0.4 is 15.4 Å². The third-order valence-corrected chi connectivity index (χ3v) is 9.63. The first-order valence-corrected chi connectivity index (χ1v) is 17.7. The number of nitrogens with one attached hydrogen (secondary N) is 2. The normalized spacial score (nSPS) is 15.4. The molecule has 0 aliphatic heterocycles. The lowest BCUT2D eigenvalue weighted by Gasteiger charge is -2.30. The van der Waals surface area contributed by atoms with Gasteiger partial charge in [0.05, 0.1) is 29.8 Å². The number of benzene rings is 2. The Hall–Kier alpha value is -4.28. The highest BCUT2D eigenvalue weighted by Crippen LogP contribution is 2.38. The Bertz CT molecular complexity index is 1360. The number of anilines is 1. The van der Waals surface area contributed by atoms with Crippen molar-refractivity contribution >= 4 is 57.1 Å². The van der Waals surface area contributed by atoms with Gasteiger partial charge in [-0.3, -0.25) is 25.0 Å². The molecule has 48 heavy (non-hydrogen) atoms. The summed E-state index contributed by atoms with van der Waals surface area (Å²) in [7, 11) is 3.20. The molecule has 2 amide bonds. The topological polar surface area (TPSA) is 182 Å². The number of nitro benzene ring substituents is 1. The molecule has 16 heteroatoms. The molecule has 0 aromatic heterocycles. The summed E-state index contributed by atoms with van der Waals surface area (Å²) >= 11 is 0. The average Bonchev–Trinajstić information content (AvgIpc) is 3.07. The van der Waals surface area contributed by atoms with Crippen LogP contribution in [0.25, 0.3) is 0 Å². The van der Waals surface area contributed by atoms with Gasteiger partial charge in [-0.15, -0.1) is 0 Å². The Morgan fingerprint density at radius 3 is 2.46 bits per heavy atom. The maximum absolute atomic E-state index is 12.7. The van der Waals surface area contributed by atoms with E-state index in [-0.39, 0.29) is 60.9 Å². The average molecular weight is 706 g/mol. The van der Waals surface area contributed by atoms with Gasteiger partial charge in [-0.05, 0) is 49.1 Å². The van der Waals surface area contributed by atoms with Crippen molar-refractivity contribution in [1.29, 1.82) is 0 Å². The molecule has 1 aliphatic carbocycles. The number of rotatable bonds is 19. The molecule has 2 aromatic carbocycles. The van der Waals surface area contributed by atoms with Crippen molar-refractivity contribution in [3.05, 3.63) is 76.9 Å². The minimum absolute atomic E-state index is 0.0818. The molecule has 2 aromatic rings.